The number of carbonyl (C=O) groups is 1. The summed E-state index contributed by atoms with van der Waals surface area (Å²) >= 11 is 3.48. The third kappa shape index (κ3) is 6.39. The summed E-state index contributed by atoms with van der Waals surface area (Å²) in [6, 6.07) is 7.04. The second kappa shape index (κ2) is 11.6. The molecule has 4 rings (SSSR count). The van der Waals surface area contributed by atoms with Crippen molar-refractivity contribution in [2.75, 3.05) is 44.8 Å². The number of alkyl halides is 3. The van der Waals surface area contributed by atoms with Crippen molar-refractivity contribution in [2.45, 2.75) is 46.0 Å². The first-order chi connectivity index (χ1) is 18.7. The van der Waals surface area contributed by atoms with Crippen molar-refractivity contribution < 1.29 is 32.9 Å². The zero-order valence-corrected chi connectivity index (χ0v) is 24.5. The van der Waals surface area contributed by atoms with Crippen molar-refractivity contribution in [1.82, 2.24) is 14.5 Å². The monoisotopic (exact) mass is 626 g/mol. The van der Waals surface area contributed by atoms with E-state index >= 15 is 0 Å². The molecule has 0 unspecified atom stereocenters. The van der Waals surface area contributed by atoms with E-state index in [0.29, 0.717) is 71.7 Å². The number of fused-ring (bicyclic) bond motifs is 1. The molecule has 1 aliphatic rings. The van der Waals surface area contributed by atoms with Gasteiger partial charge in [-0.25, -0.2) is 4.79 Å². The number of rotatable bonds is 8. The minimum atomic E-state index is -4.50. The molecule has 1 atom stereocenters. The Morgan fingerprint density at radius 1 is 1.18 bits per heavy atom. The Kier molecular flexibility index (Phi) is 8.72. The molecule has 1 aromatic carbocycles. The number of hydrogen-bond acceptors (Lipinski definition) is 5. The number of hydrogen-bond donors (Lipinski definition) is 2. The topological polar surface area (TPSA) is 91.1 Å². The summed E-state index contributed by atoms with van der Waals surface area (Å²) in [7, 11) is 1.52. The first-order valence-corrected chi connectivity index (χ1v) is 13.8. The molecule has 0 saturated carbocycles. The Morgan fingerprint density at radius 3 is 2.42 bits per heavy atom. The molecule has 1 amide bonds. The lowest BCUT2D eigenvalue weighted by molar-refractivity contribution is -0.139. The highest BCUT2D eigenvalue weighted by atomic mass is 79.9. The Morgan fingerprint density at radius 2 is 1.85 bits per heavy atom. The van der Waals surface area contributed by atoms with Crippen molar-refractivity contribution in [1.29, 1.82) is 0 Å². The second-order valence-electron chi connectivity index (χ2n) is 10.9. The van der Waals surface area contributed by atoms with Crippen LogP contribution in [0.15, 0.2) is 34.9 Å². The first kappa shape index (κ1) is 30.1. The van der Waals surface area contributed by atoms with Crippen LogP contribution in [-0.4, -0.2) is 76.8 Å². The summed E-state index contributed by atoms with van der Waals surface area (Å²) < 4.78 is 49.9. The third-order valence-corrected chi connectivity index (χ3v) is 7.86. The number of aliphatic hydroxyl groups is 1. The Bertz CT molecular complexity index is 1380. The van der Waals surface area contributed by atoms with Crippen LogP contribution < -0.4 is 4.90 Å². The predicted molar refractivity (Wildman–Crippen MR) is 151 cm³/mol. The molecule has 1 aliphatic heterocycles. The van der Waals surface area contributed by atoms with Gasteiger partial charge in [-0.2, -0.15) is 13.2 Å². The van der Waals surface area contributed by atoms with Crippen molar-refractivity contribution in [3.05, 3.63) is 46.2 Å². The Hall–Kier alpha value is -2.83. The van der Waals surface area contributed by atoms with E-state index in [-0.39, 0.29) is 6.61 Å². The maximum Gasteiger partial charge on any atom is 0.407 e. The van der Waals surface area contributed by atoms with Gasteiger partial charge in [0.1, 0.15) is 6.54 Å². The van der Waals surface area contributed by atoms with E-state index < -0.39 is 30.3 Å². The molecular weight excluding hydrogens is 593 g/mol. The maximum atomic E-state index is 14.1. The van der Waals surface area contributed by atoms with Crippen LogP contribution in [0.1, 0.15) is 38.1 Å². The van der Waals surface area contributed by atoms with Gasteiger partial charge in [-0.15, -0.1) is 0 Å². The quantitative estimate of drug-likeness (QED) is 0.314. The molecule has 3 aromatic rings. The van der Waals surface area contributed by atoms with Crippen molar-refractivity contribution in [3.8, 4) is 11.3 Å². The zero-order valence-electron chi connectivity index (χ0n) is 22.9. The summed E-state index contributed by atoms with van der Waals surface area (Å²) in [6.45, 7) is 5.64. The number of anilines is 1. The van der Waals surface area contributed by atoms with Crippen LogP contribution in [0.4, 0.5) is 23.7 Å². The minimum absolute atomic E-state index is 0.153. The van der Waals surface area contributed by atoms with Gasteiger partial charge in [0.05, 0.1) is 29.4 Å². The minimum Gasteiger partial charge on any atom is -0.465 e. The molecule has 0 spiro atoms. The van der Waals surface area contributed by atoms with Crippen LogP contribution in [0.2, 0.25) is 0 Å². The molecule has 40 heavy (non-hydrogen) atoms. The van der Waals surface area contributed by atoms with Crippen LogP contribution in [0, 0.1) is 5.41 Å². The summed E-state index contributed by atoms with van der Waals surface area (Å²) in [4.78, 5) is 19.4. The highest BCUT2D eigenvalue weighted by molar-refractivity contribution is 9.10. The standard InChI is InChI=1S/C28H34BrF3N4O4/c1-17(40-4)24-21(12-19(14-33-24)34-7-9-35(10-8-34)26(38)39)25-22(13-27(2,3)16-37)20-11-18(29)5-6-23(20)36(25)15-28(30,31)32/h5-6,11-12,14,17,37H,7-10,13,15-16H2,1-4H3,(H,38,39)/t17-/m0/s1. The van der Waals surface area contributed by atoms with Gasteiger partial charge in [-0.05, 0) is 48.6 Å². The fourth-order valence-electron chi connectivity index (χ4n) is 5.18. The lowest BCUT2D eigenvalue weighted by Crippen LogP contribution is -2.48. The van der Waals surface area contributed by atoms with Gasteiger partial charge in [-0.1, -0.05) is 29.8 Å². The van der Waals surface area contributed by atoms with Crippen LogP contribution in [0.5, 0.6) is 0 Å². The third-order valence-electron chi connectivity index (χ3n) is 7.36. The Balaban J connectivity index is 2.00. The number of amides is 1. The summed E-state index contributed by atoms with van der Waals surface area (Å²) in [5.41, 5.74) is 2.56. The number of benzene rings is 1. The van der Waals surface area contributed by atoms with E-state index in [0.717, 1.165) is 4.47 Å². The van der Waals surface area contributed by atoms with Gasteiger partial charge in [0.2, 0.25) is 0 Å². The van der Waals surface area contributed by atoms with E-state index in [4.69, 9.17) is 4.74 Å². The number of pyridine rings is 1. The van der Waals surface area contributed by atoms with Crippen molar-refractivity contribution in [2.24, 2.45) is 5.41 Å². The van der Waals surface area contributed by atoms with Gasteiger partial charge in [0.15, 0.2) is 0 Å². The van der Waals surface area contributed by atoms with E-state index in [1.54, 1.807) is 25.3 Å². The van der Waals surface area contributed by atoms with Crippen LogP contribution in [0.3, 0.4) is 0 Å². The van der Waals surface area contributed by atoms with Crippen LogP contribution in [0.25, 0.3) is 22.2 Å². The first-order valence-electron chi connectivity index (χ1n) is 13.0. The number of halogens is 4. The van der Waals surface area contributed by atoms with E-state index in [2.05, 4.69) is 20.9 Å². The number of methoxy groups -OCH3 is 1. The van der Waals surface area contributed by atoms with Gasteiger partial charge < -0.3 is 29.3 Å². The predicted octanol–water partition coefficient (Wildman–Crippen LogP) is 6.10. The van der Waals surface area contributed by atoms with Gasteiger partial charge >= 0.3 is 12.3 Å². The molecule has 0 aliphatic carbocycles. The molecule has 3 heterocycles. The molecule has 1 saturated heterocycles. The number of ether oxygens (including phenoxy) is 1. The summed E-state index contributed by atoms with van der Waals surface area (Å²) in [6.07, 6.45) is -4.02. The number of nitrogens with zero attached hydrogens (tertiary/aromatic N) is 4. The molecule has 218 valence electrons. The van der Waals surface area contributed by atoms with E-state index in [9.17, 15) is 28.2 Å². The number of piperazine rings is 1. The highest BCUT2D eigenvalue weighted by Gasteiger charge is 2.34. The molecule has 0 bridgehead atoms. The van der Waals surface area contributed by atoms with Crippen molar-refractivity contribution >= 4 is 38.6 Å². The number of aliphatic hydroxyl groups excluding tert-OH is 1. The maximum absolute atomic E-state index is 14.1. The summed E-state index contributed by atoms with van der Waals surface area (Å²) in [5, 5.41) is 20.1. The fraction of sp³-hybridized carbons (Fsp3) is 0.500. The Labute approximate surface area is 239 Å². The van der Waals surface area contributed by atoms with E-state index in [1.165, 1.54) is 16.6 Å². The normalized spacial score (nSPS) is 15.6. The van der Waals surface area contributed by atoms with Gasteiger partial charge in [-0.3, -0.25) is 4.98 Å². The second-order valence-corrected chi connectivity index (χ2v) is 11.9. The molecule has 2 N–H and O–H groups in total. The van der Waals surface area contributed by atoms with Crippen molar-refractivity contribution in [3.63, 3.8) is 0 Å². The molecular formula is C28H34BrF3N4O4. The molecule has 0 radical (unpaired) electrons. The number of carboxylic acid groups (broad SMARTS) is 1. The van der Waals surface area contributed by atoms with Gasteiger partial charge in [0, 0.05) is 60.8 Å². The molecule has 1 fully saturated rings. The highest BCUT2D eigenvalue weighted by Crippen LogP contribution is 2.43. The molecule has 2 aromatic heterocycles. The molecule has 8 nitrogen and oxygen atoms in total. The zero-order chi connectivity index (χ0) is 29.4. The fourth-order valence-corrected chi connectivity index (χ4v) is 5.54. The lowest BCUT2D eigenvalue weighted by Gasteiger charge is -2.35. The molecule has 12 heteroatoms. The lowest BCUT2D eigenvalue weighted by atomic mass is 9.84. The number of aromatic nitrogens is 2. The smallest absolute Gasteiger partial charge is 0.407 e. The van der Waals surface area contributed by atoms with Crippen LogP contribution in [-0.2, 0) is 17.7 Å². The average molecular weight is 628 g/mol. The SMILES string of the molecule is CO[C@@H](C)c1ncc(N2CCN(C(=O)O)CC2)cc1-c1c(CC(C)(C)CO)c2cc(Br)ccc2n1CC(F)(F)F. The largest absolute Gasteiger partial charge is 0.465 e. The average Bonchev–Trinajstić information content (AvgIpc) is 3.17. The summed E-state index contributed by atoms with van der Waals surface area (Å²) in [5.74, 6) is 0. The van der Waals surface area contributed by atoms with Gasteiger partial charge in [0.25, 0.3) is 0 Å². The van der Waals surface area contributed by atoms with E-state index in [1.807, 2.05) is 30.9 Å². The van der Waals surface area contributed by atoms with Crippen LogP contribution >= 0.6 is 15.9 Å².